The van der Waals surface area contributed by atoms with Crippen LogP contribution in [0.2, 0.25) is 0 Å². The zero-order chi connectivity index (χ0) is 22.7. The maximum atomic E-state index is 13.6. The van der Waals surface area contributed by atoms with Gasteiger partial charge < -0.3 is 10.1 Å². The fourth-order valence-electron chi connectivity index (χ4n) is 6.86. The van der Waals surface area contributed by atoms with Gasteiger partial charge in [0.1, 0.15) is 0 Å². The van der Waals surface area contributed by atoms with Crippen molar-refractivity contribution in [2.75, 3.05) is 7.11 Å². The zero-order valence-electron chi connectivity index (χ0n) is 19.5. The second-order valence-corrected chi connectivity index (χ2v) is 11.3. The molecular formula is C26H33N3O3. The molecule has 1 heterocycles. The Kier molecular flexibility index (Phi) is 4.95. The maximum Gasteiger partial charge on any atom is 0.337 e. The molecule has 1 aromatic carbocycles. The first kappa shape index (κ1) is 21.2. The smallest absolute Gasteiger partial charge is 0.337 e. The molecule has 0 radical (unpaired) electrons. The topological polar surface area (TPSA) is 73.2 Å². The van der Waals surface area contributed by atoms with Gasteiger partial charge in [-0.2, -0.15) is 5.10 Å². The molecule has 170 valence electrons. The molecule has 0 spiro atoms. The van der Waals surface area contributed by atoms with Gasteiger partial charge in [0.05, 0.1) is 35.8 Å². The van der Waals surface area contributed by atoms with E-state index in [-0.39, 0.29) is 22.8 Å². The van der Waals surface area contributed by atoms with Crippen molar-refractivity contribution in [3.63, 3.8) is 0 Å². The molecule has 4 bridgehead atoms. The molecule has 0 atom stereocenters. The predicted molar refractivity (Wildman–Crippen MR) is 122 cm³/mol. The predicted octanol–water partition coefficient (Wildman–Crippen LogP) is 4.66. The third kappa shape index (κ3) is 3.63. The number of methoxy groups -OCH3 is 1. The van der Waals surface area contributed by atoms with Gasteiger partial charge in [-0.05, 0) is 80.5 Å². The van der Waals surface area contributed by atoms with Gasteiger partial charge in [-0.15, -0.1) is 0 Å². The van der Waals surface area contributed by atoms with E-state index in [2.05, 4.69) is 31.2 Å². The van der Waals surface area contributed by atoms with Crippen molar-refractivity contribution in [1.29, 1.82) is 0 Å². The minimum atomic E-state index is -0.372. The highest BCUT2D eigenvalue weighted by atomic mass is 16.5. The fraction of sp³-hybridized carbons (Fsp3) is 0.577. The van der Waals surface area contributed by atoms with Crippen molar-refractivity contribution < 1.29 is 14.3 Å². The van der Waals surface area contributed by atoms with Crippen LogP contribution in [0.15, 0.2) is 30.5 Å². The van der Waals surface area contributed by atoms with E-state index in [1.54, 1.807) is 18.3 Å². The Labute approximate surface area is 189 Å². The Morgan fingerprint density at radius 1 is 1.03 bits per heavy atom. The van der Waals surface area contributed by atoms with Gasteiger partial charge in [0, 0.05) is 11.0 Å². The van der Waals surface area contributed by atoms with Crippen molar-refractivity contribution in [3.05, 3.63) is 47.3 Å². The number of hydrogen-bond donors (Lipinski definition) is 1. The third-order valence-corrected chi connectivity index (χ3v) is 7.67. The van der Waals surface area contributed by atoms with Crippen LogP contribution in [-0.4, -0.2) is 34.3 Å². The molecule has 1 N–H and O–H groups in total. The van der Waals surface area contributed by atoms with E-state index in [1.807, 2.05) is 16.8 Å². The van der Waals surface area contributed by atoms with Crippen molar-refractivity contribution in [1.82, 2.24) is 15.1 Å². The van der Waals surface area contributed by atoms with Crippen LogP contribution < -0.4 is 5.32 Å². The van der Waals surface area contributed by atoms with Crippen molar-refractivity contribution in [2.24, 2.45) is 17.8 Å². The minimum absolute atomic E-state index is 0.00527. The lowest BCUT2D eigenvalue weighted by molar-refractivity contribution is -0.0167. The van der Waals surface area contributed by atoms with E-state index in [1.165, 1.54) is 26.4 Å². The molecule has 0 saturated heterocycles. The molecule has 6 rings (SSSR count). The Balaban J connectivity index is 1.45. The minimum Gasteiger partial charge on any atom is -0.465 e. The Morgan fingerprint density at radius 3 is 2.09 bits per heavy atom. The average molecular weight is 436 g/mol. The second-order valence-electron chi connectivity index (χ2n) is 11.3. The number of carbonyl (C=O) groups is 2. The molecule has 6 heteroatoms. The fourth-order valence-corrected chi connectivity index (χ4v) is 6.86. The van der Waals surface area contributed by atoms with E-state index in [4.69, 9.17) is 4.74 Å². The van der Waals surface area contributed by atoms with Gasteiger partial charge in [-0.1, -0.05) is 20.8 Å². The summed E-state index contributed by atoms with van der Waals surface area (Å²) in [5.74, 6) is 1.96. The van der Waals surface area contributed by atoms with Gasteiger partial charge >= 0.3 is 5.97 Å². The summed E-state index contributed by atoms with van der Waals surface area (Å²) in [5.41, 5.74) is 2.50. The zero-order valence-corrected chi connectivity index (χ0v) is 19.5. The van der Waals surface area contributed by atoms with Crippen LogP contribution in [0.5, 0.6) is 0 Å². The highest BCUT2D eigenvalue weighted by molar-refractivity contribution is 5.96. The van der Waals surface area contributed by atoms with Crippen LogP contribution in [0.1, 0.15) is 85.7 Å². The lowest BCUT2D eigenvalue weighted by atomic mass is 9.53. The lowest BCUT2D eigenvalue weighted by Crippen LogP contribution is -2.59. The maximum absolute atomic E-state index is 13.6. The summed E-state index contributed by atoms with van der Waals surface area (Å²) >= 11 is 0. The molecule has 1 amide bonds. The second kappa shape index (κ2) is 7.46. The molecule has 1 aromatic heterocycles. The molecule has 4 aliphatic carbocycles. The van der Waals surface area contributed by atoms with Gasteiger partial charge in [0.2, 0.25) is 0 Å². The molecule has 0 aliphatic heterocycles. The molecule has 32 heavy (non-hydrogen) atoms. The SMILES string of the molecule is COC(=O)c1ccc(-n2ncc(C(=O)NC34CC5CC(CC(C5)C3)C4)c2C(C)(C)C)cc1. The van der Waals surface area contributed by atoms with E-state index >= 15 is 0 Å². The van der Waals surface area contributed by atoms with E-state index in [0.29, 0.717) is 11.1 Å². The van der Waals surface area contributed by atoms with Crippen LogP contribution in [0, 0.1) is 17.8 Å². The van der Waals surface area contributed by atoms with Crippen LogP contribution >= 0.6 is 0 Å². The van der Waals surface area contributed by atoms with Crippen molar-refractivity contribution in [3.8, 4) is 5.69 Å². The average Bonchev–Trinajstić information content (AvgIpc) is 3.18. The van der Waals surface area contributed by atoms with Crippen LogP contribution in [0.4, 0.5) is 0 Å². The number of rotatable bonds is 4. The largest absolute Gasteiger partial charge is 0.465 e. The van der Waals surface area contributed by atoms with Crippen LogP contribution in [0.3, 0.4) is 0 Å². The summed E-state index contributed by atoms with van der Waals surface area (Å²) in [6, 6.07) is 7.14. The molecule has 6 nitrogen and oxygen atoms in total. The summed E-state index contributed by atoms with van der Waals surface area (Å²) in [5, 5.41) is 8.10. The highest BCUT2D eigenvalue weighted by Crippen LogP contribution is 2.55. The number of benzene rings is 1. The summed E-state index contributed by atoms with van der Waals surface area (Å²) in [7, 11) is 1.37. The number of aromatic nitrogens is 2. The van der Waals surface area contributed by atoms with E-state index in [9.17, 15) is 9.59 Å². The number of ether oxygens (including phenoxy) is 1. The van der Waals surface area contributed by atoms with E-state index < -0.39 is 0 Å². The van der Waals surface area contributed by atoms with Gasteiger partial charge in [0.25, 0.3) is 5.91 Å². The number of carbonyl (C=O) groups excluding carboxylic acids is 2. The summed E-state index contributed by atoms with van der Waals surface area (Å²) in [4.78, 5) is 25.4. The number of esters is 1. The normalized spacial score (nSPS) is 28.6. The Bertz CT molecular complexity index is 1010. The van der Waals surface area contributed by atoms with Gasteiger partial charge in [-0.3, -0.25) is 4.79 Å². The summed E-state index contributed by atoms with van der Waals surface area (Å²) in [6.45, 7) is 6.31. The lowest BCUT2D eigenvalue weighted by Gasteiger charge is -2.56. The molecule has 2 aromatic rings. The first-order valence-electron chi connectivity index (χ1n) is 11.8. The summed E-state index contributed by atoms with van der Waals surface area (Å²) < 4.78 is 6.63. The first-order valence-corrected chi connectivity index (χ1v) is 11.8. The van der Waals surface area contributed by atoms with Crippen molar-refractivity contribution >= 4 is 11.9 Å². The third-order valence-electron chi connectivity index (χ3n) is 7.67. The Morgan fingerprint density at radius 2 is 1.59 bits per heavy atom. The standard InChI is InChI=1S/C26H33N3O3/c1-25(2,3)22-21(15-27-29(22)20-7-5-19(6-8-20)24(31)32-4)23(30)28-26-12-16-9-17(13-26)11-18(10-16)14-26/h5-8,15-18H,9-14H2,1-4H3,(H,28,30). The van der Waals surface area contributed by atoms with Gasteiger partial charge in [-0.25, -0.2) is 9.48 Å². The molecule has 0 unspecified atom stereocenters. The monoisotopic (exact) mass is 435 g/mol. The van der Waals surface area contributed by atoms with Crippen LogP contribution in [-0.2, 0) is 10.2 Å². The van der Waals surface area contributed by atoms with Gasteiger partial charge in [0.15, 0.2) is 0 Å². The molecule has 4 saturated carbocycles. The van der Waals surface area contributed by atoms with Crippen LogP contribution in [0.25, 0.3) is 5.69 Å². The summed E-state index contributed by atoms with van der Waals surface area (Å²) in [6.07, 6.45) is 9.12. The number of nitrogens with one attached hydrogen (secondary N) is 1. The number of amides is 1. The van der Waals surface area contributed by atoms with E-state index in [0.717, 1.165) is 48.4 Å². The number of hydrogen-bond acceptors (Lipinski definition) is 4. The quantitative estimate of drug-likeness (QED) is 0.709. The Hall–Kier alpha value is -2.63. The number of nitrogens with zero attached hydrogens (tertiary/aromatic N) is 2. The molecule has 4 aliphatic rings. The first-order chi connectivity index (χ1) is 15.2. The van der Waals surface area contributed by atoms with Crippen molar-refractivity contribution in [2.45, 2.75) is 70.3 Å². The highest BCUT2D eigenvalue weighted by Gasteiger charge is 2.51. The molecule has 4 fully saturated rings. The molecular weight excluding hydrogens is 402 g/mol.